The summed E-state index contributed by atoms with van der Waals surface area (Å²) in [5.41, 5.74) is 2.29. The van der Waals surface area contributed by atoms with Crippen LogP contribution in [0.15, 0.2) is 57.5 Å². The Balaban J connectivity index is 1.97. The number of rotatable bonds is 2. The van der Waals surface area contributed by atoms with Crippen LogP contribution in [-0.2, 0) is 4.79 Å². The summed E-state index contributed by atoms with van der Waals surface area (Å²) in [5.74, 6) is 0.240. The molecular formula is C19H19Br2NO. The Kier molecular flexibility index (Phi) is 5.04. The van der Waals surface area contributed by atoms with Crippen molar-refractivity contribution in [3.63, 3.8) is 0 Å². The van der Waals surface area contributed by atoms with Crippen LogP contribution in [0.5, 0.6) is 0 Å². The van der Waals surface area contributed by atoms with E-state index in [1.54, 1.807) is 0 Å². The maximum absolute atomic E-state index is 12.8. The van der Waals surface area contributed by atoms with Crippen molar-refractivity contribution in [3.05, 3.63) is 68.6 Å². The number of Topliss-reactive ketones (excluding diaryl/α,β-unsaturated/α-hetero) is 1. The number of halogens is 2. The molecule has 4 unspecified atom stereocenters. The Bertz CT molecular complexity index is 671. The molecule has 1 saturated heterocycles. The normalized spacial score (nSPS) is 27.9. The van der Waals surface area contributed by atoms with Gasteiger partial charge in [0.1, 0.15) is 5.78 Å². The van der Waals surface area contributed by atoms with E-state index in [2.05, 4.69) is 61.4 Å². The molecule has 2 aromatic rings. The maximum Gasteiger partial charge on any atom is 0.142 e. The van der Waals surface area contributed by atoms with Crippen LogP contribution in [0.1, 0.15) is 37.1 Å². The number of carbonyl (C=O) groups is 1. The van der Waals surface area contributed by atoms with Crippen molar-refractivity contribution in [2.24, 2.45) is 11.8 Å². The maximum atomic E-state index is 12.8. The van der Waals surface area contributed by atoms with Gasteiger partial charge in [0, 0.05) is 32.9 Å². The molecule has 0 bridgehead atoms. The Morgan fingerprint density at radius 2 is 1.26 bits per heavy atom. The second kappa shape index (κ2) is 6.88. The van der Waals surface area contributed by atoms with Gasteiger partial charge in [0.05, 0.1) is 0 Å². The minimum absolute atomic E-state index is 0.0279. The van der Waals surface area contributed by atoms with Crippen LogP contribution < -0.4 is 5.32 Å². The van der Waals surface area contributed by atoms with Crippen LogP contribution in [-0.4, -0.2) is 5.78 Å². The zero-order valence-corrected chi connectivity index (χ0v) is 16.3. The third-order valence-corrected chi connectivity index (χ3v) is 5.66. The highest BCUT2D eigenvalue weighted by atomic mass is 79.9. The molecule has 0 aromatic heterocycles. The smallest absolute Gasteiger partial charge is 0.142 e. The number of carbonyl (C=O) groups excluding carboxylic acids is 1. The first kappa shape index (κ1) is 16.9. The van der Waals surface area contributed by atoms with E-state index in [1.807, 2.05) is 38.1 Å². The summed E-state index contributed by atoms with van der Waals surface area (Å²) in [5, 5.41) is 3.71. The molecule has 3 rings (SSSR count). The van der Waals surface area contributed by atoms with Crippen molar-refractivity contribution in [2.75, 3.05) is 0 Å². The molecule has 4 atom stereocenters. The summed E-state index contributed by atoms with van der Waals surface area (Å²) < 4.78 is 2.07. The lowest BCUT2D eigenvalue weighted by Gasteiger charge is -2.39. The van der Waals surface area contributed by atoms with Crippen molar-refractivity contribution in [1.29, 1.82) is 0 Å². The molecule has 1 aliphatic heterocycles. The van der Waals surface area contributed by atoms with E-state index in [1.165, 1.54) is 0 Å². The van der Waals surface area contributed by atoms with Gasteiger partial charge in [-0.05, 0) is 35.4 Å². The monoisotopic (exact) mass is 435 g/mol. The number of hydrogen-bond acceptors (Lipinski definition) is 2. The molecule has 1 aliphatic rings. The van der Waals surface area contributed by atoms with Crippen LogP contribution in [0.2, 0.25) is 0 Å². The van der Waals surface area contributed by atoms with Gasteiger partial charge in [-0.3, -0.25) is 4.79 Å². The Morgan fingerprint density at radius 1 is 0.826 bits per heavy atom. The summed E-state index contributed by atoms with van der Waals surface area (Å²) in [6, 6.07) is 16.5. The van der Waals surface area contributed by atoms with Crippen LogP contribution in [0.3, 0.4) is 0 Å². The Morgan fingerprint density at radius 3 is 1.65 bits per heavy atom. The highest BCUT2D eigenvalue weighted by Gasteiger charge is 2.40. The largest absolute Gasteiger partial charge is 0.302 e. The van der Waals surface area contributed by atoms with Gasteiger partial charge in [-0.1, -0.05) is 70.0 Å². The van der Waals surface area contributed by atoms with Gasteiger partial charge < -0.3 is 5.32 Å². The summed E-state index contributed by atoms with van der Waals surface area (Å²) >= 11 is 7.05. The van der Waals surface area contributed by atoms with E-state index in [9.17, 15) is 4.79 Å². The molecule has 1 heterocycles. The summed E-state index contributed by atoms with van der Waals surface area (Å²) in [7, 11) is 0. The van der Waals surface area contributed by atoms with Crippen molar-refractivity contribution in [1.82, 2.24) is 5.32 Å². The van der Waals surface area contributed by atoms with Gasteiger partial charge in [-0.2, -0.15) is 0 Å². The summed E-state index contributed by atoms with van der Waals surface area (Å²) in [4.78, 5) is 12.8. The van der Waals surface area contributed by atoms with Crippen LogP contribution in [0, 0.1) is 11.8 Å². The summed E-state index contributed by atoms with van der Waals surface area (Å²) in [6.45, 7) is 4.04. The van der Waals surface area contributed by atoms with Crippen molar-refractivity contribution in [3.8, 4) is 0 Å². The number of hydrogen-bond donors (Lipinski definition) is 1. The predicted molar refractivity (Wildman–Crippen MR) is 100 cm³/mol. The second-order valence-corrected chi connectivity index (χ2v) is 8.04. The SMILES string of the molecule is CC1C(=O)C(C)C(c2cccc(Br)c2)NC1c1cccc(Br)c1. The van der Waals surface area contributed by atoms with Crippen molar-refractivity contribution < 1.29 is 4.79 Å². The Hall–Kier alpha value is -0.970. The van der Waals surface area contributed by atoms with Crippen molar-refractivity contribution >= 4 is 37.6 Å². The highest BCUT2D eigenvalue weighted by molar-refractivity contribution is 9.10. The first-order valence-corrected chi connectivity index (χ1v) is 9.36. The lowest BCUT2D eigenvalue weighted by Crippen LogP contribution is -2.46. The zero-order chi connectivity index (χ0) is 16.6. The average Bonchev–Trinajstić information content (AvgIpc) is 2.53. The summed E-state index contributed by atoms with van der Waals surface area (Å²) in [6.07, 6.45) is 0. The molecular weight excluding hydrogens is 418 g/mol. The molecule has 0 amide bonds. The molecule has 0 spiro atoms. The fraction of sp³-hybridized carbons (Fsp3) is 0.316. The lowest BCUT2D eigenvalue weighted by molar-refractivity contribution is -0.130. The van der Waals surface area contributed by atoms with Crippen LogP contribution in [0.4, 0.5) is 0 Å². The number of benzene rings is 2. The minimum Gasteiger partial charge on any atom is -0.302 e. The molecule has 2 aromatic carbocycles. The van der Waals surface area contributed by atoms with Crippen molar-refractivity contribution in [2.45, 2.75) is 25.9 Å². The molecule has 0 saturated carbocycles. The van der Waals surface area contributed by atoms with E-state index in [-0.39, 0.29) is 23.9 Å². The van der Waals surface area contributed by atoms with Gasteiger partial charge in [0.15, 0.2) is 0 Å². The Labute approximate surface area is 153 Å². The molecule has 4 heteroatoms. The van der Waals surface area contributed by atoms with Crippen LogP contribution in [0.25, 0.3) is 0 Å². The first-order valence-electron chi connectivity index (χ1n) is 7.78. The number of piperidine rings is 1. The zero-order valence-electron chi connectivity index (χ0n) is 13.1. The molecule has 120 valence electrons. The minimum atomic E-state index is -0.0392. The molecule has 0 aliphatic carbocycles. The van der Waals surface area contributed by atoms with E-state index >= 15 is 0 Å². The molecule has 1 fully saturated rings. The molecule has 2 nitrogen and oxygen atoms in total. The molecule has 0 radical (unpaired) electrons. The highest BCUT2D eigenvalue weighted by Crippen LogP contribution is 2.39. The van der Waals surface area contributed by atoms with Gasteiger partial charge in [-0.15, -0.1) is 0 Å². The fourth-order valence-electron chi connectivity index (χ4n) is 3.40. The molecule has 1 N–H and O–H groups in total. The quantitative estimate of drug-likeness (QED) is 0.679. The second-order valence-electron chi connectivity index (χ2n) is 6.21. The average molecular weight is 437 g/mol. The lowest BCUT2D eigenvalue weighted by atomic mass is 9.76. The standard InChI is InChI=1S/C19H19Br2NO/c1-11-17(13-5-3-7-15(20)9-13)22-18(12(2)19(11)23)14-6-4-8-16(21)10-14/h3-12,17-18,22H,1-2H3. The van der Waals surface area contributed by atoms with E-state index in [0.717, 1.165) is 20.1 Å². The van der Waals surface area contributed by atoms with Gasteiger partial charge >= 0.3 is 0 Å². The fourth-order valence-corrected chi connectivity index (χ4v) is 4.23. The third kappa shape index (κ3) is 3.44. The van der Waals surface area contributed by atoms with E-state index in [4.69, 9.17) is 0 Å². The first-order chi connectivity index (χ1) is 11.0. The number of ketones is 1. The van der Waals surface area contributed by atoms with E-state index in [0.29, 0.717) is 5.78 Å². The molecule has 23 heavy (non-hydrogen) atoms. The predicted octanol–water partition coefficient (Wildman–Crippen LogP) is 5.44. The number of nitrogens with one attached hydrogen (secondary N) is 1. The van der Waals surface area contributed by atoms with Gasteiger partial charge in [0.2, 0.25) is 0 Å². The van der Waals surface area contributed by atoms with Crippen LogP contribution >= 0.6 is 31.9 Å². The third-order valence-electron chi connectivity index (χ3n) is 4.67. The van der Waals surface area contributed by atoms with Gasteiger partial charge in [-0.25, -0.2) is 0 Å². The van der Waals surface area contributed by atoms with E-state index < -0.39 is 0 Å². The van der Waals surface area contributed by atoms with Gasteiger partial charge in [0.25, 0.3) is 0 Å². The topological polar surface area (TPSA) is 29.1 Å².